The Morgan fingerprint density at radius 1 is 1.00 bits per heavy atom. The van der Waals surface area contributed by atoms with Gasteiger partial charge in [-0.15, -0.1) is 11.3 Å². The molecule has 0 unspecified atom stereocenters. The number of rotatable bonds is 1. The van der Waals surface area contributed by atoms with E-state index in [-0.39, 0.29) is 0 Å². The maximum atomic E-state index is 5.64. The van der Waals surface area contributed by atoms with Crippen molar-refractivity contribution < 1.29 is 9.47 Å². The molecule has 0 fully saturated rings. The molecule has 19 heavy (non-hydrogen) atoms. The Morgan fingerprint density at radius 2 is 1.84 bits per heavy atom. The summed E-state index contributed by atoms with van der Waals surface area (Å²) in [5, 5.41) is 1.11. The van der Waals surface area contributed by atoms with Crippen molar-refractivity contribution in [3.8, 4) is 22.1 Å². The summed E-state index contributed by atoms with van der Waals surface area (Å²) in [7, 11) is 0. The van der Waals surface area contributed by atoms with Crippen LogP contribution in [0.2, 0.25) is 0 Å². The van der Waals surface area contributed by atoms with Gasteiger partial charge in [-0.25, -0.2) is 4.98 Å². The highest BCUT2D eigenvalue weighted by Gasteiger charge is 2.18. The summed E-state index contributed by atoms with van der Waals surface area (Å²) < 4.78 is 11.2. The molecule has 0 radical (unpaired) electrons. The van der Waals surface area contributed by atoms with Gasteiger partial charge in [-0.3, -0.25) is 0 Å². The second kappa shape index (κ2) is 4.53. The molecule has 1 aromatic carbocycles. The Hall–Kier alpha value is -1.55. The van der Waals surface area contributed by atoms with Crippen LogP contribution in [-0.4, -0.2) is 18.2 Å². The molecule has 2 heterocycles. The standard InChI is InChI=1S/C15H15NO2S/c1-2-4-14-11(3-1)16-15(19-14)10-5-6-12-13(9-10)18-8-7-17-12/h5-6,9H,1-4,7-8H2. The highest BCUT2D eigenvalue weighted by molar-refractivity contribution is 7.15. The summed E-state index contributed by atoms with van der Waals surface area (Å²) in [5.41, 5.74) is 2.45. The molecule has 1 aliphatic heterocycles. The minimum absolute atomic E-state index is 0.630. The monoisotopic (exact) mass is 273 g/mol. The first kappa shape index (κ1) is 11.3. The molecule has 0 saturated heterocycles. The van der Waals surface area contributed by atoms with E-state index in [1.54, 1.807) is 0 Å². The number of benzene rings is 1. The second-order valence-electron chi connectivity index (χ2n) is 4.95. The zero-order valence-corrected chi connectivity index (χ0v) is 11.5. The van der Waals surface area contributed by atoms with Crippen molar-refractivity contribution in [2.45, 2.75) is 25.7 Å². The van der Waals surface area contributed by atoms with Gasteiger partial charge in [-0.05, 0) is 43.9 Å². The van der Waals surface area contributed by atoms with E-state index in [1.165, 1.54) is 29.8 Å². The first-order valence-corrected chi connectivity index (χ1v) is 7.60. The topological polar surface area (TPSA) is 31.4 Å². The molecule has 0 atom stereocenters. The highest BCUT2D eigenvalue weighted by atomic mass is 32.1. The van der Waals surface area contributed by atoms with E-state index in [0.29, 0.717) is 13.2 Å². The van der Waals surface area contributed by atoms with Gasteiger partial charge in [0, 0.05) is 10.4 Å². The van der Waals surface area contributed by atoms with Gasteiger partial charge in [0.05, 0.1) is 5.69 Å². The summed E-state index contributed by atoms with van der Waals surface area (Å²) in [6, 6.07) is 6.13. The molecule has 0 spiro atoms. The Labute approximate surface area is 116 Å². The summed E-state index contributed by atoms with van der Waals surface area (Å²) in [6.07, 6.45) is 4.90. The van der Waals surface area contributed by atoms with Gasteiger partial charge in [0.1, 0.15) is 18.2 Å². The lowest BCUT2D eigenvalue weighted by atomic mass is 10.0. The summed E-state index contributed by atoms with van der Waals surface area (Å²) in [5.74, 6) is 1.69. The van der Waals surface area contributed by atoms with Crippen LogP contribution in [0.5, 0.6) is 11.5 Å². The van der Waals surface area contributed by atoms with Crippen molar-refractivity contribution in [2.24, 2.45) is 0 Å². The van der Waals surface area contributed by atoms with Crippen molar-refractivity contribution in [1.82, 2.24) is 4.98 Å². The largest absolute Gasteiger partial charge is 0.486 e. The summed E-state index contributed by atoms with van der Waals surface area (Å²) in [4.78, 5) is 6.26. The zero-order chi connectivity index (χ0) is 12.7. The Kier molecular flexibility index (Phi) is 2.69. The lowest BCUT2D eigenvalue weighted by molar-refractivity contribution is 0.171. The fraction of sp³-hybridized carbons (Fsp3) is 0.400. The molecule has 0 saturated carbocycles. The molecule has 0 bridgehead atoms. The number of fused-ring (bicyclic) bond motifs is 2. The molecule has 4 heteroatoms. The molecule has 2 aliphatic rings. The van der Waals surface area contributed by atoms with Gasteiger partial charge in [0.25, 0.3) is 0 Å². The van der Waals surface area contributed by atoms with Gasteiger partial charge in [0.15, 0.2) is 11.5 Å². The summed E-state index contributed by atoms with van der Waals surface area (Å²) >= 11 is 1.83. The quantitative estimate of drug-likeness (QED) is 0.797. The van der Waals surface area contributed by atoms with Crippen LogP contribution < -0.4 is 9.47 Å². The van der Waals surface area contributed by atoms with Gasteiger partial charge < -0.3 is 9.47 Å². The molecular weight excluding hydrogens is 258 g/mol. The van der Waals surface area contributed by atoms with Crippen LogP contribution in [-0.2, 0) is 12.8 Å². The van der Waals surface area contributed by atoms with E-state index in [1.807, 2.05) is 17.4 Å². The lowest BCUT2D eigenvalue weighted by Crippen LogP contribution is -2.15. The average molecular weight is 273 g/mol. The van der Waals surface area contributed by atoms with E-state index in [0.717, 1.165) is 28.5 Å². The number of aromatic nitrogens is 1. The van der Waals surface area contributed by atoms with Crippen LogP contribution in [0.25, 0.3) is 10.6 Å². The Bertz CT molecular complexity index is 597. The third kappa shape index (κ3) is 2.00. The fourth-order valence-corrected chi connectivity index (χ4v) is 3.80. The van der Waals surface area contributed by atoms with E-state index < -0.39 is 0 Å². The van der Waals surface area contributed by atoms with E-state index >= 15 is 0 Å². The number of nitrogens with zero attached hydrogens (tertiary/aromatic N) is 1. The lowest BCUT2D eigenvalue weighted by Gasteiger charge is -2.18. The van der Waals surface area contributed by atoms with Crippen molar-refractivity contribution in [3.05, 3.63) is 28.8 Å². The van der Waals surface area contributed by atoms with Crippen LogP contribution in [0.1, 0.15) is 23.4 Å². The number of ether oxygens (including phenoxy) is 2. The first-order valence-electron chi connectivity index (χ1n) is 6.79. The van der Waals surface area contributed by atoms with Crippen LogP contribution in [0.4, 0.5) is 0 Å². The van der Waals surface area contributed by atoms with Crippen molar-refractivity contribution in [1.29, 1.82) is 0 Å². The van der Waals surface area contributed by atoms with Crippen molar-refractivity contribution in [2.75, 3.05) is 13.2 Å². The van der Waals surface area contributed by atoms with E-state index in [2.05, 4.69) is 12.1 Å². The fourth-order valence-electron chi connectivity index (χ4n) is 2.65. The van der Waals surface area contributed by atoms with Crippen LogP contribution in [0.15, 0.2) is 18.2 Å². The number of hydrogen-bond donors (Lipinski definition) is 0. The maximum absolute atomic E-state index is 5.64. The molecule has 4 rings (SSSR count). The summed E-state index contributed by atoms with van der Waals surface area (Å²) in [6.45, 7) is 1.27. The molecule has 1 aromatic heterocycles. The average Bonchev–Trinajstić information content (AvgIpc) is 2.90. The third-order valence-corrected chi connectivity index (χ3v) is 4.84. The van der Waals surface area contributed by atoms with Gasteiger partial charge in [0.2, 0.25) is 0 Å². The number of aryl methyl sites for hydroxylation is 2. The van der Waals surface area contributed by atoms with Crippen LogP contribution in [0, 0.1) is 0 Å². The van der Waals surface area contributed by atoms with Gasteiger partial charge in [-0.2, -0.15) is 0 Å². The van der Waals surface area contributed by atoms with Crippen molar-refractivity contribution >= 4 is 11.3 Å². The van der Waals surface area contributed by atoms with E-state index in [9.17, 15) is 0 Å². The molecule has 0 N–H and O–H groups in total. The highest BCUT2D eigenvalue weighted by Crippen LogP contribution is 2.37. The molecule has 2 aromatic rings. The number of hydrogen-bond acceptors (Lipinski definition) is 4. The van der Waals surface area contributed by atoms with Gasteiger partial charge in [-0.1, -0.05) is 0 Å². The van der Waals surface area contributed by atoms with Crippen LogP contribution in [0.3, 0.4) is 0 Å². The first-order chi connectivity index (χ1) is 9.40. The zero-order valence-electron chi connectivity index (χ0n) is 10.6. The predicted octanol–water partition coefficient (Wildman–Crippen LogP) is 3.46. The van der Waals surface area contributed by atoms with Crippen LogP contribution >= 0.6 is 11.3 Å². The Morgan fingerprint density at radius 3 is 2.74 bits per heavy atom. The normalized spacial score (nSPS) is 17.1. The molecule has 0 amide bonds. The number of thiazole rings is 1. The molecule has 3 nitrogen and oxygen atoms in total. The van der Waals surface area contributed by atoms with Crippen molar-refractivity contribution in [3.63, 3.8) is 0 Å². The smallest absolute Gasteiger partial charge is 0.162 e. The minimum atomic E-state index is 0.630. The van der Waals surface area contributed by atoms with Gasteiger partial charge >= 0.3 is 0 Å². The third-order valence-electron chi connectivity index (χ3n) is 3.63. The van der Waals surface area contributed by atoms with E-state index in [4.69, 9.17) is 14.5 Å². The second-order valence-corrected chi connectivity index (χ2v) is 6.04. The molecule has 98 valence electrons. The minimum Gasteiger partial charge on any atom is -0.486 e. The molecule has 1 aliphatic carbocycles. The molecular formula is C15H15NO2S. The Balaban J connectivity index is 1.73. The SMILES string of the molecule is c1cc2c(cc1-c1nc3c(s1)CCCC3)OCCO2. The predicted molar refractivity (Wildman–Crippen MR) is 75.2 cm³/mol. The maximum Gasteiger partial charge on any atom is 0.162 e.